The lowest BCUT2D eigenvalue weighted by atomic mass is 10.0. The van der Waals surface area contributed by atoms with Crippen LogP contribution in [-0.2, 0) is 12.8 Å². The molecule has 0 saturated carbocycles. The van der Waals surface area contributed by atoms with E-state index in [9.17, 15) is 0 Å². The van der Waals surface area contributed by atoms with Crippen molar-refractivity contribution in [1.82, 2.24) is 0 Å². The second kappa shape index (κ2) is 6.57. The van der Waals surface area contributed by atoms with Crippen molar-refractivity contribution in [2.45, 2.75) is 25.3 Å². The van der Waals surface area contributed by atoms with Gasteiger partial charge in [-0.15, -0.1) is 0 Å². The Morgan fingerprint density at radius 2 is 2.17 bits per heavy atom. The number of aryl methyl sites for hydroxylation is 1. The number of hydrogen-bond donors (Lipinski definition) is 1. The summed E-state index contributed by atoms with van der Waals surface area (Å²) in [6.45, 7) is 0. The maximum atomic E-state index is 6.18. The molecule has 1 aromatic carbocycles. The second-order valence-corrected chi connectivity index (χ2v) is 5.27. The summed E-state index contributed by atoms with van der Waals surface area (Å²) in [5.74, 6) is 0.900. The Hall–Kier alpha value is -1.32. The van der Waals surface area contributed by atoms with Crippen LogP contribution in [0.5, 0.6) is 5.75 Å². The first kappa shape index (κ1) is 13.1. The summed E-state index contributed by atoms with van der Waals surface area (Å²) < 4.78 is 5.22. The van der Waals surface area contributed by atoms with Crippen LogP contribution in [0, 0.1) is 0 Å². The molecule has 0 spiro atoms. The van der Waals surface area contributed by atoms with Gasteiger partial charge in [-0.1, -0.05) is 12.1 Å². The lowest BCUT2D eigenvalue weighted by molar-refractivity contribution is 0.414. The average Bonchev–Trinajstić information content (AvgIpc) is 2.90. The number of ether oxygens (including phenoxy) is 1. The van der Waals surface area contributed by atoms with Crippen LogP contribution in [-0.4, -0.2) is 13.2 Å². The molecule has 1 atom stereocenters. The van der Waals surface area contributed by atoms with Crippen molar-refractivity contribution in [2.75, 3.05) is 7.11 Å². The maximum absolute atomic E-state index is 6.18. The molecule has 1 aromatic heterocycles. The van der Waals surface area contributed by atoms with E-state index in [1.807, 2.05) is 12.1 Å². The molecule has 2 aromatic rings. The fourth-order valence-corrected chi connectivity index (χ4v) is 2.69. The Balaban J connectivity index is 1.84. The zero-order valence-electron chi connectivity index (χ0n) is 10.6. The van der Waals surface area contributed by atoms with Crippen molar-refractivity contribution in [2.24, 2.45) is 5.73 Å². The summed E-state index contributed by atoms with van der Waals surface area (Å²) in [6, 6.07) is 10.5. The third-order valence-electron chi connectivity index (χ3n) is 3.02. The zero-order valence-corrected chi connectivity index (χ0v) is 11.5. The highest BCUT2D eigenvalue weighted by Gasteiger charge is 2.06. The Morgan fingerprint density at radius 1 is 1.28 bits per heavy atom. The highest BCUT2D eigenvalue weighted by atomic mass is 32.1. The summed E-state index contributed by atoms with van der Waals surface area (Å²) in [4.78, 5) is 0. The van der Waals surface area contributed by atoms with E-state index >= 15 is 0 Å². The van der Waals surface area contributed by atoms with E-state index in [-0.39, 0.29) is 6.04 Å². The van der Waals surface area contributed by atoms with Gasteiger partial charge in [0, 0.05) is 6.04 Å². The molecule has 3 heteroatoms. The van der Waals surface area contributed by atoms with E-state index in [1.165, 1.54) is 11.1 Å². The highest BCUT2D eigenvalue weighted by molar-refractivity contribution is 7.07. The molecule has 0 fully saturated rings. The largest absolute Gasteiger partial charge is 0.497 e. The van der Waals surface area contributed by atoms with Gasteiger partial charge in [0.1, 0.15) is 5.75 Å². The van der Waals surface area contributed by atoms with E-state index in [4.69, 9.17) is 10.5 Å². The van der Waals surface area contributed by atoms with E-state index in [0.717, 1.165) is 25.0 Å². The standard InChI is InChI=1S/C15H19NOS/c1-17-15-4-2-3-13(10-15)9-14(16)6-5-12-7-8-18-11-12/h2-4,7-8,10-11,14H,5-6,9,16H2,1H3. The predicted octanol–water partition coefficient (Wildman–Crippen LogP) is 3.26. The van der Waals surface area contributed by atoms with E-state index in [0.29, 0.717) is 0 Å². The van der Waals surface area contributed by atoms with Gasteiger partial charge in [-0.25, -0.2) is 0 Å². The normalized spacial score (nSPS) is 12.3. The molecule has 0 aliphatic carbocycles. The monoisotopic (exact) mass is 261 g/mol. The van der Waals surface area contributed by atoms with Gasteiger partial charge in [-0.05, 0) is 59.3 Å². The Morgan fingerprint density at radius 3 is 2.89 bits per heavy atom. The van der Waals surface area contributed by atoms with Crippen LogP contribution in [0.2, 0.25) is 0 Å². The van der Waals surface area contributed by atoms with Crippen LogP contribution in [0.4, 0.5) is 0 Å². The third-order valence-corrected chi connectivity index (χ3v) is 3.75. The molecule has 1 heterocycles. The van der Waals surface area contributed by atoms with Crippen molar-refractivity contribution in [3.63, 3.8) is 0 Å². The van der Waals surface area contributed by atoms with E-state index < -0.39 is 0 Å². The topological polar surface area (TPSA) is 35.2 Å². The van der Waals surface area contributed by atoms with Gasteiger partial charge in [0.15, 0.2) is 0 Å². The van der Waals surface area contributed by atoms with Gasteiger partial charge in [0.2, 0.25) is 0 Å². The molecule has 0 amide bonds. The first-order chi connectivity index (χ1) is 8.78. The summed E-state index contributed by atoms with van der Waals surface area (Å²) in [7, 11) is 1.69. The maximum Gasteiger partial charge on any atom is 0.119 e. The smallest absolute Gasteiger partial charge is 0.119 e. The van der Waals surface area contributed by atoms with Crippen LogP contribution in [0.3, 0.4) is 0 Å². The van der Waals surface area contributed by atoms with Gasteiger partial charge >= 0.3 is 0 Å². The molecule has 0 aliphatic heterocycles. The Kier molecular flexibility index (Phi) is 4.79. The molecule has 96 valence electrons. The van der Waals surface area contributed by atoms with Crippen molar-refractivity contribution in [3.05, 3.63) is 52.2 Å². The number of hydrogen-bond acceptors (Lipinski definition) is 3. The van der Waals surface area contributed by atoms with Crippen LogP contribution >= 0.6 is 11.3 Å². The molecule has 18 heavy (non-hydrogen) atoms. The Labute approximate surface area is 112 Å². The molecular formula is C15H19NOS. The lowest BCUT2D eigenvalue weighted by Crippen LogP contribution is -2.23. The minimum atomic E-state index is 0.206. The minimum Gasteiger partial charge on any atom is -0.497 e. The molecule has 0 bridgehead atoms. The molecule has 2 nitrogen and oxygen atoms in total. The number of thiophene rings is 1. The van der Waals surface area contributed by atoms with Crippen molar-refractivity contribution in [1.29, 1.82) is 0 Å². The van der Waals surface area contributed by atoms with Crippen LogP contribution in [0.15, 0.2) is 41.1 Å². The first-order valence-corrected chi connectivity index (χ1v) is 7.12. The molecule has 2 rings (SSSR count). The predicted molar refractivity (Wildman–Crippen MR) is 77.3 cm³/mol. The molecule has 1 unspecified atom stereocenters. The summed E-state index contributed by atoms with van der Waals surface area (Å²) in [5.41, 5.74) is 8.81. The molecule has 0 saturated heterocycles. The molecule has 0 aliphatic rings. The van der Waals surface area contributed by atoms with Gasteiger partial charge < -0.3 is 10.5 Å². The molecular weight excluding hydrogens is 242 g/mol. The van der Waals surface area contributed by atoms with Crippen LogP contribution < -0.4 is 10.5 Å². The van der Waals surface area contributed by atoms with Crippen LogP contribution in [0.1, 0.15) is 17.5 Å². The average molecular weight is 261 g/mol. The number of methoxy groups -OCH3 is 1. The van der Waals surface area contributed by atoms with Crippen molar-refractivity contribution >= 4 is 11.3 Å². The summed E-state index contributed by atoms with van der Waals surface area (Å²) in [5, 5.41) is 4.31. The van der Waals surface area contributed by atoms with Gasteiger partial charge in [-0.3, -0.25) is 0 Å². The molecule has 0 radical (unpaired) electrons. The first-order valence-electron chi connectivity index (χ1n) is 6.17. The van der Waals surface area contributed by atoms with E-state index in [1.54, 1.807) is 18.4 Å². The number of rotatable bonds is 6. The lowest BCUT2D eigenvalue weighted by Gasteiger charge is -2.11. The summed E-state index contributed by atoms with van der Waals surface area (Å²) in [6.07, 6.45) is 2.99. The minimum absolute atomic E-state index is 0.206. The van der Waals surface area contributed by atoms with Crippen molar-refractivity contribution < 1.29 is 4.74 Å². The van der Waals surface area contributed by atoms with E-state index in [2.05, 4.69) is 29.0 Å². The van der Waals surface area contributed by atoms with Crippen molar-refractivity contribution in [3.8, 4) is 5.75 Å². The fourth-order valence-electron chi connectivity index (χ4n) is 1.99. The second-order valence-electron chi connectivity index (χ2n) is 4.49. The SMILES string of the molecule is COc1cccc(CC(N)CCc2ccsc2)c1. The fraction of sp³-hybridized carbons (Fsp3) is 0.333. The quantitative estimate of drug-likeness (QED) is 0.866. The highest BCUT2D eigenvalue weighted by Crippen LogP contribution is 2.15. The van der Waals surface area contributed by atoms with Crippen LogP contribution in [0.25, 0.3) is 0 Å². The van der Waals surface area contributed by atoms with Gasteiger partial charge in [0.25, 0.3) is 0 Å². The number of benzene rings is 1. The zero-order chi connectivity index (χ0) is 12.8. The third kappa shape index (κ3) is 3.86. The summed E-state index contributed by atoms with van der Waals surface area (Å²) >= 11 is 1.74. The van der Waals surface area contributed by atoms with Gasteiger partial charge in [-0.2, -0.15) is 11.3 Å². The molecule has 2 N–H and O–H groups in total. The Bertz CT molecular complexity index is 467. The number of nitrogens with two attached hydrogens (primary N) is 1. The van der Waals surface area contributed by atoms with Gasteiger partial charge in [0.05, 0.1) is 7.11 Å².